The lowest BCUT2D eigenvalue weighted by Gasteiger charge is -2.31. The smallest absolute Gasteiger partial charge is 0.123 e. The van der Waals surface area contributed by atoms with Gasteiger partial charge in [0.05, 0.1) is 0 Å². The first-order valence-corrected chi connectivity index (χ1v) is 7.62. The molecule has 0 saturated carbocycles. The molecule has 0 spiro atoms. The highest BCUT2D eigenvalue weighted by molar-refractivity contribution is 5.37. The van der Waals surface area contributed by atoms with Crippen molar-refractivity contribution in [3.05, 3.63) is 29.8 Å². The summed E-state index contributed by atoms with van der Waals surface area (Å²) in [7, 11) is 0. The second-order valence-corrected chi connectivity index (χ2v) is 6.10. The van der Waals surface area contributed by atoms with Crippen LogP contribution in [0.5, 0.6) is 5.75 Å². The van der Waals surface area contributed by atoms with Gasteiger partial charge in [-0.3, -0.25) is 0 Å². The molecule has 2 rings (SSSR count). The maximum atomic E-state index is 6.08. The average Bonchev–Trinajstić information content (AvgIpc) is 2.81. The molecular weight excluding hydrogens is 234 g/mol. The maximum absolute atomic E-state index is 6.08. The van der Waals surface area contributed by atoms with Gasteiger partial charge in [-0.2, -0.15) is 0 Å². The molecule has 2 heteroatoms. The van der Waals surface area contributed by atoms with E-state index in [0.29, 0.717) is 11.5 Å². The Bertz CT molecular complexity index is 379. The second kappa shape index (κ2) is 6.42. The van der Waals surface area contributed by atoms with Crippen LogP contribution < -0.4 is 10.1 Å². The summed E-state index contributed by atoms with van der Waals surface area (Å²) in [5.74, 6) is 1.09. The van der Waals surface area contributed by atoms with Crippen molar-refractivity contribution in [1.29, 1.82) is 0 Å². The Labute approximate surface area is 117 Å². The lowest BCUT2D eigenvalue weighted by atomic mass is 9.81. The Morgan fingerprint density at radius 2 is 2.11 bits per heavy atom. The zero-order chi connectivity index (χ0) is 13.7. The number of ether oxygens (including phenoxy) is 1. The minimum atomic E-state index is 0.335. The van der Waals surface area contributed by atoms with Crippen LogP contribution in [0.2, 0.25) is 0 Å². The summed E-state index contributed by atoms with van der Waals surface area (Å²) in [6.45, 7) is 9.08. The first-order chi connectivity index (χ1) is 9.17. The standard InChI is InChI=1S/C17H27NO/c1-4-10-18-13-17(3,5-2)12-15-11-14-8-6-7-9-16(14)19-15/h6-9,15,18H,4-5,10-13H2,1-3H3. The van der Waals surface area contributed by atoms with Gasteiger partial charge in [0.2, 0.25) is 0 Å². The molecule has 0 fully saturated rings. The molecule has 106 valence electrons. The Balaban J connectivity index is 1.90. The predicted octanol–water partition coefficient (Wildman–Crippen LogP) is 3.80. The van der Waals surface area contributed by atoms with E-state index in [1.165, 1.54) is 18.4 Å². The molecule has 1 aliphatic heterocycles. The zero-order valence-electron chi connectivity index (χ0n) is 12.5. The van der Waals surface area contributed by atoms with Crippen molar-refractivity contribution in [2.75, 3.05) is 13.1 Å². The zero-order valence-corrected chi connectivity index (χ0v) is 12.5. The fraction of sp³-hybridized carbons (Fsp3) is 0.647. The average molecular weight is 261 g/mol. The van der Waals surface area contributed by atoms with Crippen LogP contribution in [0.4, 0.5) is 0 Å². The molecule has 0 radical (unpaired) electrons. The number of rotatable bonds is 7. The molecular formula is C17H27NO. The lowest BCUT2D eigenvalue weighted by Crippen LogP contribution is -2.36. The van der Waals surface area contributed by atoms with Gasteiger partial charge < -0.3 is 10.1 Å². The van der Waals surface area contributed by atoms with Crippen LogP contribution >= 0.6 is 0 Å². The third-order valence-electron chi connectivity index (χ3n) is 4.27. The second-order valence-electron chi connectivity index (χ2n) is 6.10. The SMILES string of the molecule is CCCNCC(C)(CC)CC1Cc2ccccc2O1. The van der Waals surface area contributed by atoms with E-state index < -0.39 is 0 Å². The van der Waals surface area contributed by atoms with E-state index in [9.17, 15) is 0 Å². The molecule has 1 aromatic rings. The molecule has 0 saturated heterocycles. The molecule has 1 heterocycles. The maximum Gasteiger partial charge on any atom is 0.123 e. The van der Waals surface area contributed by atoms with Gasteiger partial charge >= 0.3 is 0 Å². The van der Waals surface area contributed by atoms with Gasteiger partial charge in [-0.05, 0) is 42.9 Å². The molecule has 19 heavy (non-hydrogen) atoms. The number of fused-ring (bicyclic) bond motifs is 1. The summed E-state index contributed by atoms with van der Waals surface area (Å²) in [6.07, 6.45) is 4.95. The first-order valence-electron chi connectivity index (χ1n) is 7.62. The van der Waals surface area contributed by atoms with Crippen molar-refractivity contribution in [1.82, 2.24) is 5.32 Å². The number of hydrogen-bond donors (Lipinski definition) is 1. The van der Waals surface area contributed by atoms with E-state index in [4.69, 9.17) is 4.74 Å². The van der Waals surface area contributed by atoms with Gasteiger partial charge in [0, 0.05) is 13.0 Å². The Morgan fingerprint density at radius 3 is 2.79 bits per heavy atom. The fourth-order valence-electron chi connectivity index (χ4n) is 2.83. The topological polar surface area (TPSA) is 21.3 Å². The van der Waals surface area contributed by atoms with Crippen LogP contribution in [0.3, 0.4) is 0 Å². The number of benzene rings is 1. The number of nitrogens with one attached hydrogen (secondary N) is 1. The van der Waals surface area contributed by atoms with Gasteiger partial charge in [0.25, 0.3) is 0 Å². The molecule has 0 aromatic heterocycles. The van der Waals surface area contributed by atoms with E-state index in [1.807, 2.05) is 0 Å². The number of hydrogen-bond acceptors (Lipinski definition) is 2. The minimum Gasteiger partial charge on any atom is -0.490 e. The summed E-state index contributed by atoms with van der Waals surface area (Å²) >= 11 is 0. The van der Waals surface area contributed by atoms with Gasteiger partial charge in [0.1, 0.15) is 11.9 Å². The van der Waals surface area contributed by atoms with Gasteiger partial charge in [-0.15, -0.1) is 0 Å². The van der Waals surface area contributed by atoms with Crippen LogP contribution in [0.1, 0.15) is 45.6 Å². The molecule has 0 amide bonds. The Kier molecular flexibility index (Phi) is 4.87. The van der Waals surface area contributed by atoms with Crippen LogP contribution in [0, 0.1) is 5.41 Å². The van der Waals surface area contributed by atoms with Crippen molar-refractivity contribution in [2.45, 2.75) is 52.6 Å². The Morgan fingerprint density at radius 1 is 1.32 bits per heavy atom. The van der Waals surface area contributed by atoms with E-state index >= 15 is 0 Å². The summed E-state index contributed by atoms with van der Waals surface area (Å²) in [6, 6.07) is 8.44. The first kappa shape index (κ1) is 14.4. The van der Waals surface area contributed by atoms with Gasteiger partial charge in [-0.25, -0.2) is 0 Å². The molecule has 1 aromatic carbocycles. The molecule has 1 aliphatic rings. The summed E-state index contributed by atoms with van der Waals surface area (Å²) in [5, 5.41) is 3.57. The number of para-hydroxylation sites is 1. The normalized spacial score (nSPS) is 20.7. The van der Waals surface area contributed by atoms with Crippen molar-refractivity contribution in [3.8, 4) is 5.75 Å². The highest BCUT2D eigenvalue weighted by Crippen LogP contribution is 2.35. The largest absolute Gasteiger partial charge is 0.490 e. The fourth-order valence-corrected chi connectivity index (χ4v) is 2.83. The highest BCUT2D eigenvalue weighted by atomic mass is 16.5. The van der Waals surface area contributed by atoms with Crippen LogP contribution in [-0.2, 0) is 6.42 Å². The van der Waals surface area contributed by atoms with E-state index in [0.717, 1.165) is 31.7 Å². The summed E-state index contributed by atoms with van der Waals surface area (Å²) < 4.78 is 6.08. The monoisotopic (exact) mass is 261 g/mol. The quantitative estimate of drug-likeness (QED) is 0.754. The molecule has 2 nitrogen and oxygen atoms in total. The highest BCUT2D eigenvalue weighted by Gasteiger charge is 2.31. The summed E-state index contributed by atoms with van der Waals surface area (Å²) in [5.41, 5.74) is 1.70. The van der Waals surface area contributed by atoms with Crippen LogP contribution in [-0.4, -0.2) is 19.2 Å². The van der Waals surface area contributed by atoms with Gasteiger partial charge in [0.15, 0.2) is 0 Å². The minimum absolute atomic E-state index is 0.335. The molecule has 0 aliphatic carbocycles. The molecule has 2 atom stereocenters. The van der Waals surface area contributed by atoms with Crippen molar-refractivity contribution in [2.24, 2.45) is 5.41 Å². The molecule has 1 N–H and O–H groups in total. The lowest BCUT2D eigenvalue weighted by molar-refractivity contribution is 0.140. The third-order valence-corrected chi connectivity index (χ3v) is 4.27. The van der Waals surface area contributed by atoms with Crippen molar-refractivity contribution in [3.63, 3.8) is 0 Å². The molecule has 2 unspecified atom stereocenters. The van der Waals surface area contributed by atoms with Gasteiger partial charge in [-0.1, -0.05) is 39.0 Å². The van der Waals surface area contributed by atoms with E-state index in [1.54, 1.807) is 0 Å². The van der Waals surface area contributed by atoms with Crippen molar-refractivity contribution >= 4 is 0 Å². The van der Waals surface area contributed by atoms with E-state index in [2.05, 4.69) is 50.4 Å². The van der Waals surface area contributed by atoms with Crippen LogP contribution in [0.25, 0.3) is 0 Å². The van der Waals surface area contributed by atoms with Crippen LogP contribution in [0.15, 0.2) is 24.3 Å². The summed E-state index contributed by atoms with van der Waals surface area (Å²) in [4.78, 5) is 0. The Hall–Kier alpha value is -1.02. The third kappa shape index (κ3) is 3.73. The predicted molar refractivity (Wildman–Crippen MR) is 80.7 cm³/mol. The molecule has 0 bridgehead atoms. The van der Waals surface area contributed by atoms with Crippen molar-refractivity contribution < 1.29 is 4.74 Å². The van der Waals surface area contributed by atoms with E-state index in [-0.39, 0.29) is 0 Å².